The highest BCUT2D eigenvalue weighted by molar-refractivity contribution is 4.51. The van der Waals surface area contributed by atoms with Crippen molar-refractivity contribution in [1.29, 1.82) is 0 Å². The van der Waals surface area contributed by atoms with Crippen LogP contribution in [0.25, 0.3) is 0 Å². The molecule has 6 heteroatoms. The second-order valence-electron chi connectivity index (χ2n) is 2.93. The molecular formula is C9H14N4O2. The fourth-order valence-corrected chi connectivity index (χ4v) is 1.16. The highest BCUT2D eigenvalue weighted by Gasteiger charge is 1.95. The van der Waals surface area contributed by atoms with E-state index in [1.165, 1.54) is 57.5 Å². The number of hydrogen-bond donors (Lipinski definition) is 0. The maximum atomic E-state index is 4.22. The van der Waals surface area contributed by atoms with E-state index in [9.17, 15) is 0 Å². The highest BCUT2D eigenvalue weighted by Crippen LogP contribution is 2.15. The Morgan fingerprint density at radius 3 is 1.20 bits per heavy atom. The van der Waals surface area contributed by atoms with Gasteiger partial charge in [-0.25, -0.2) is 9.97 Å². The number of rotatable bonds is 0. The third-order valence-corrected chi connectivity index (χ3v) is 1.82. The Balaban J connectivity index is 0.000000112. The minimum absolute atomic E-state index is 1.26. The molecule has 82 valence electrons. The Hall–Kier alpha value is -1.72. The lowest BCUT2D eigenvalue weighted by molar-refractivity contribution is 0.416. The van der Waals surface area contributed by atoms with Crippen LogP contribution in [0.4, 0.5) is 0 Å². The molecule has 0 aromatic carbocycles. The van der Waals surface area contributed by atoms with Crippen molar-refractivity contribution in [3.05, 3.63) is 25.4 Å². The lowest BCUT2D eigenvalue weighted by Gasteiger charge is -1.67. The van der Waals surface area contributed by atoms with Gasteiger partial charge in [-0.05, 0) is 0 Å². The molecule has 0 spiro atoms. The normalized spacial score (nSPS) is 13.3. The van der Waals surface area contributed by atoms with E-state index in [4.69, 9.17) is 0 Å². The zero-order valence-electron chi connectivity index (χ0n) is 8.45. The van der Waals surface area contributed by atoms with Gasteiger partial charge in [-0.1, -0.05) is 42.4 Å². The van der Waals surface area contributed by atoms with Crippen LogP contribution in [0.15, 0.2) is 34.5 Å². The molecule has 0 amide bonds. The summed E-state index contributed by atoms with van der Waals surface area (Å²) < 4.78 is 8.44. The molecular weight excluding hydrogens is 196 g/mol. The summed E-state index contributed by atoms with van der Waals surface area (Å²) in [6, 6.07) is 0. The van der Waals surface area contributed by atoms with Crippen LogP contribution in [0.1, 0.15) is 32.1 Å². The molecule has 2 aromatic rings. The SMILES string of the molecule is C1CCCC1.c1ncon1.c1ncon1. The van der Waals surface area contributed by atoms with E-state index in [1.54, 1.807) is 0 Å². The molecule has 0 atom stereocenters. The molecule has 3 rings (SSSR count). The predicted molar refractivity (Wildman–Crippen MR) is 51.7 cm³/mol. The van der Waals surface area contributed by atoms with E-state index >= 15 is 0 Å². The summed E-state index contributed by atoms with van der Waals surface area (Å²) in [7, 11) is 0. The lowest BCUT2D eigenvalue weighted by Crippen LogP contribution is -1.47. The zero-order chi connectivity index (χ0) is 10.6. The van der Waals surface area contributed by atoms with Crippen LogP contribution in [-0.2, 0) is 0 Å². The van der Waals surface area contributed by atoms with Gasteiger partial charge < -0.3 is 9.05 Å². The molecule has 0 bridgehead atoms. The Bertz CT molecular complexity index is 211. The van der Waals surface area contributed by atoms with Gasteiger partial charge in [0.2, 0.25) is 12.8 Å². The fourth-order valence-electron chi connectivity index (χ4n) is 1.16. The topological polar surface area (TPSA) is 77.8 Å². The summed E-state index contributed by atoms with van der Waals surface area (Å²) in [5.41, 5.74) is 0. The molecule has 1 aliphatic rings. The van der Waals surface area contributed by atoms with Crippen LogP contribution in [0.2, 0.25) is 0 Å². The van der Waals surface area contributed by atoms with Gasteiger partial charge in [0.1, 0.15) is 0 Å². The molecule has 1 aliphatic carbocycles. The first-order valence-corrected chi connectivity index (χ1v) is 4.89. The third-order valence-electron chi connectivity index (χ3n) is 1.82. The predicted octanol–water partition coefficient (Wildman–Crippen LogP) is 2.09. The van der Waals surface area contributed by atoms with E-state index in [2.05, 4.69) is 29.3 Å². The summed E-state index contributed by atoms with van der Waals surface area (Å²) in [5.74, 6) is 0. The monoisotopic (exact) mass is 210 g/mol. The second kappa shape index (κ2) is 8.86. The van der Waals surface area contributed by atoms with Crippen molar-refractivity contribution < 1.29 is 9.05 Å². The number of nitrogens with zero attached hydrogens (tertiary/aromatic N) is 4. The molecule has 2 aromatic heterocycles. The third kappa shape index (κ3) is 7.36. The van der Waals surface area contributed by atoms with Crippen molar-refractivity contribution in [2.75, 3.05) is 0 Å². The molecule has 0 unspecified atom stereocenters. The summed E-state index contributed by atoms with van der Waals surface area (Å²) in [6.07, 6.45) is 12.7. The standard InChI is InChI=1S/C5H10.2C2H2N2O/c1-2-4-5-3-1;2*1-3-2-5-4-1/h1-5H2;2*1-2H. The van der Waals surface area contributed by atoms with Gasteiger partial charge in [-0.2, -0.15) is 0 Å². The zero-order valence-corrected chi connectivity index (χ0v) is 8.45. The highest BCUT2D eigenvalue weighted by atomic mass is 16.5. The quantitative estimate of drug-likeness (QED) is 0.662. The van der Waals surface area contributed by atoms with E-state index in [0.717, 1.165) is 0 Å². The number of hydrogen-bond acceptors (Lipinski definition) is 6. The Kier molecular flexibility index (Phi) is 6.71. The molecule has 0 N–H and O–H groups in total. The van der Waals surface area contributed by atoms with Crippen LogP contribution in [0, 0.1) is 0 Å². The summed E-state index contributed by atoms with van der Waals surface area (Å²) in [5, 5.41) is 6.47. The average molecular weight is 210 g/mol. The van der Waals surface area contributed by atoms with Gasteiger partial charge in [0.25, 0.3) is 0 Å². The van der Waals surface area contributed by atoms with Crippen molar-refractivity contribution in [1.82, 2.24) is 20.3 Å². The molecule has 0 radical (unpaired) electrons. The van der Waals surface area contributed by atoms with Crippen LogP contribution >= 0.6 is 0 Å². The molecule has 0 aliphatic heterocycles. The Morgan fingerprint density at radius 2 is 1.07 bits per heavy atom. The Labute approximate surface area is 87.7 Å². The van der Waals surface area contributed by atoms with Gasteiger partial charge in [-0.3, -0.25) is 0 Å². The van der Waals surface area contributed by atoms with Crippen molar-refractivity contribution in [3.63, 3.8) is 0 Å². The van der Waals surface area contributed by atoms with E-state index < -0.39 is 0 Å². The molecule has 0 saturated heterocycles. The van der Waals surface area contributed by atoms with E-state index in [1.807, 2.05) is 0 Å². The molecule has 1 saturated carbocycles. The first kappa shape index (κ1) is 11.4. The van der Waals surface area contributed by atoms with Gasteiger partial charge >= 0.3 is 0 Å². The molecule has 1 fully saturated rings. The van der Waals surface area contributed by atoms with Crippen LogP contribution < -0.4 is 0 Å². The van der Waals surface area contributed by atoms with Crippen molar-refractivity contribution in [2.24, 2.45) is 0 Å². The smallest absolute Gasteiger partial charge is 0.213 e. The summed E-state index contributed by atoms with van der Waals surface area (Å²) >= 11 is 0. The van der Waals surface area contributed by atoms with Gasteiger partial charge in [0, 0.05) is 0 Å². The molecule has 15 heavy (non-hydrogen) atoms. The first-order chi connectivity index (χ1) is 7.50. The van der Waals surface area contributed by atoms with Gasteiger partial charge in [0.15, 0.2) is 12.7 Å². The van der Waals surface area contributed by atoms with Crippen LogP contribution in [0.3, 0.4) is 0 Å². The minimum Gasteiger partial charge on any atom is -0.343 e. The first-order valence-electron chi connectivity index (χ1n) is 4.89. The minimum atomic E-state index is 1.26. The molecule has 2 heterocycles. The van der Waals surface area contributed by atoms with Crippen LogP contribution in [0.5, 0.6) is 0 Å². The van der Waals surface area contributed by atoms with Crippen molar-refractivity contribution in [2.45, 2.75) is 32.1 Å². The van der Waals surface area contributed by atoms with Gasteiger partial charge in [-0.15, -0.1) is 0 Å². The Morgan fingerprint density at radius 1 is 0.667 bits per heavy atom. The summed E-state index contributed by atoms with van der Waals surface area (Å²) in [6.45, 7) is 0. The van der Waals surface area contributed by atoms with Crippen LogP contribution in [-0.4, -0.2) is 20.3 Å². The van der Waals surface area contributed by atoms with Gasteiger partial charge in [0.05, 0.1) is 0 Å². The van der Waals surface area contributed by atoms with E-state index in [-0.39, 0.29) is 0 Å². The number of aromatic nitrogens is 4. The summed E-state index contributed by atoms with van der Waals surface area (Å²) in [4.78, 5) is 6.89. The fraction of sp³-hybridized carbons (Fsp3) is 0.556. The maximum absolute atomic E-state index is 4.22. The van der Waals surface area contributed by atoms with E-state index in [0.29, 0.717) is 0 Å². The maximum Gasteiger partial charge on any atom is 0.213 e. The van der Waals surface area contributed by atoms with Crippen molar-refractivity contribution in [3.8, 4) is 0 Å². The largest absolute Gasteiger partial charge is 0.343 e. The lowest BCUT2D eigenvalue weighted by atomic mass is 10.4. The molecule has 6 nitrogen and oxygen atoms in total. The second-order valence-corrected chi connectivity index (χ2v) is 2.93. The van der Waals surface area contributed by atoms with Crippen molar-refractivity contribution >= 4 is 0 Å². The average Bonchev–Trinajstić information content (AvgIpc) is 3.09.